The maximum absolute atomic E-state index is 12.8. The Morgan fingerprint density at radius 3 is 2.10 bits per heavy atom. The fourth-order valence-corrected chi connectivity index (χ4v) is 2.61. The second-order valence-corrected chi connectivity index (χ2v) is 5.71. The van der Waals surface area contributed by atoms with Gasteiger partial charge in [-0.15, -0.1) is 0 Å². The van der Waals surface area contributed by atoms with Gasteiger partial charge in [-0.3, -0.25) is 4.72 Å². The minimum absolute atomic E-state index is 0.0741. The Balaban J connectivity index is 2.15. The Hall–Kier alpha value is -2.10. The van der Waals surface area contributed by atoms with Crippen LogP contribution in [-0.4, -0.2) is 25.8 Å². The first-order valence-electron chi connectivity index (χ1n) is 5.78. The van der Waals surface area contributed by atoms with Crippen LogP contribution in [-0.2, 0) is 10.0 Å². The summed E-state index contributed by atoms with van der Waals surface area (Å²) in [6, 6.07) is 9.90. The van der Waals surface area contributed by atoms with E-state index in [-0.39, 0.29) is 16.3 Å². The lowest BCUT2D eigenvalue weighted by molar-refractivity contribution is 0.288. The molecule has 0 unspecified atom stereocenters. The molecule has 21 heavy (non-hydrogen) atoms. The quantitative estimate of drug-likeness (QED) is 0.715. The molecule has 0 aliphatic carbocycles. The van der Waals surface area contributed by atoms with Crippen LogP contribution in [0.15, 0.2) is 53.4 Å². The van der Waals surface area contributed by atoms with Crippen LogP contribution in [0.5, 0.6) is 5.75 Å². The zero-order valence-corrected chi connectivity index (χ0v) is 11.4. The summed E-state index contributed by atoms with van der Waals surface area (Å²) in [4.78, 5) is -0.0741. The first-order valence-corrected chi connectivity index (χ1v) is 7.26. The summed E-state index contributed by atoms with van der Waals surface area (Å²) in [5, 5.41) is 17.2. The Morgan fingerprint density at radius 1 is 1.00 bits per heavy atom. The van der Waals surface area contributed by atoms with Gasteiger partial charge < -0.3 is 14.7 Å². The summed E-state index contributed by atoms with van der Waals surface area (Å²) >= 11 is 0. The number of rotatable bonds is 5. The molecule has 110 valence electrons. The molecule has 0 spiro atoms. The Labute approximate surface area is 121 Å². The molecule has 0 amide bonds. The van der Waals surface area contributed by atoms with Gasteiger partial charge in [-0.05, 0) is 48.5 Å². The van der Waals surface area contributed by atoms with E-state index in [4.69, 9.17) is 10.0 Å². The van der Waals surface area contributed by atoms with Crippen molar-refractivity contribution in [3.05, 3.63) is 54.3 Å². The van der Waals surface area contributed by atoms with Crippen molar-refractivity contribution < 1.29 is 27.5 Å². The zero-order valence-electron chi connectivity index (χ0n) is 10.6. The molecule has 0 fully saturated rings. The summed E-state index contributed by atoms with van der Waals surface area (Å²) < 4.78 is 43.7. The lowest BCUT2D eigenvalue weighted by Gasteiger charge is -2.09. The van der Waals surface area contributed by atoms with E-state index in [1.54, 1.807) is 0 Å². The molecule has 2 aromatic carbocycles. The summed E-state index contributed by atoms with van der Waals surface area (Å²) in [6.07, 6.45) is 0. The minimum atomic E-state index is -3.82. The van der Waals surface area contributed by atoms with Crippen LogP contribution in [0.4, 0.5) is 10.1 Å². The number of hydrogen-bond acceptors (Lipinski definition) is 5. The molecule has 0 heterocycles. The van der Waals surface area contributed by atoms with Gasteiger partial charge in [0.1, 0.15) is 11.6 Å². The first kappa shape index (κ1) is 15.3. The predicted molar refractivity (Wildman–Crippen MR) is 74.5 cm³/mol. The lowest BCUT2D eigenvalue weighted by atomic mass is 10.2. The maximum atomic E-state index is 12.8. The molecule has 2 aromatic rings. The number of halogens is 1. The molecule has 6 nitrogen and oxygen atoms in total. The molecule has 0 aliphatic heterocycles. The first-order chi connectivity index (χ1) is 9.87. The van der Waals surface area contributed by atoms with E-state index >= 15 is 0 Å². The van der Waals surface area contributed by atoms with Crippen molar-refractivity contribution in [2.24, 2.45) is 0 Å². The van der Waals surface area contributed by atoms with Crippen LogP contribution in [0.3, 0.4) is 0 Å². The predicted octanol–water partition coefficient (Wildman–Crippen LogP) is 0.975. The van der Waals surface area contributed by atoms with Gasteiger partial charge in [-0.2, -0.15) is 0 Å². The highest BCUT2D eigenvalue weighted by atomic mass is 32.2. The van der Waals surface area contributed by atoms with Gasteiger partial charge in [0.2, 0.25) is 0 Å². The van der Waals surface area contributed by atoms with E-state index in [0.717, 1.165) is 24.3 Å². The highest BCUT2D eigenvalue weighted by molar-refractivity contribution is 7.92. The van der Waals surface area contributed by atoms with E-state index in [1.165, 1.54) is 24.3 Å². The smallest absolute Gasteiger partial charge is 0.512 e. The van der Waals surface area contributed by atoms with Crippen LogP contribution in [0.1, 0.15) is 0 Å². The van der Waals surface area contributed by atoms with E-state index < -0.39 is 23.2 Å². The van der Waals surface area contributed by atoms with Crippen LogP contribution >= 0.6 is 0 Å². The molecular weight excluding hydrogens is 300 g/mol. The molecule has 0 bridgehead atoms. The molecule has 9 heteroatoms. The topological polar surface area (TPSA) is 95.9 Å². The minimum Gasteiger partial charge on any atom is -0.512 e. The molecule has 0 saturated heterocycles. The third-order valence-corrected chi connectivity index (χ3v) is 3.87. The molecular formula is C12H11BFNO5S. The van der Waals surface area contributed by atoms with E-state index in [1.807, 2.05) is 0 Å². The van der Waals surface area contributed by atoms with Crippen LogP contribution in [0, 0.1) is 5.82 Å². The number of sulfonamides is 1. The van der Waals surface area contributed by atoms with Gasteiger partial charge in [-0.1, -0.05) is 0 Å². The Kier molecular flexibility index (Phi) is 4.46. The van der Waals surface area contributed by atoms with Crippen molar-refractivity contribution in [3.63, 3.8) is 0 Å². The molecule has 0 aromatic heterocycles. The maximum Gasteiger partial charge on any atom is 0.707 e. The van der Waals surface area contributed by atoms with Crippen LogP contribution in [0.2, 0.25) is 0 Å². The SMILES string of the molecule is O=S(=O)(Nc1ccc(OB(O)O)cc1)c1ccc(F)cc1. The lowest BCUT2D eigenvalue weighted by Crippen LogP contribution is -2.20. The number of nitrogens with one attached hydrogen (secondary N) is 1. The van der Waals surface area contributed by atoms with Gasteiger partial charge in [-0.25, -0.2) is 12.8 Å². The third kappa shape index (κ3) is 4.18. The van der Waals surface area contributed by atoms with Crippen LogP contribution < -0.4 is 9.38 Å². The second-order valence-electron chi connectivity index (χ2n) is 4.03. The van der Waals surface area contributed by atoms with E-state index in [2.05, 4.69) is 9.38 Å². The van der Waals surface area contributed by atoms with Crippen molar-refractivity contribution in [2.75, 3.05) is 4.72 Å². The van der Waals surface area contributed by atoms with Gasteiger partial charge >= 0.3 is 7.32 Å². The monoisotopic (exact) mass is 311 g/mol. The van der Waals surface area contributed by atoms with Crippen molar-refractivity contribution in [1.82, 2.24) is 0 Å². The van der Waals surface area contributed by atoms with E-state index in [9.17, 15) is 12.8 Å². The summed E-state index contributed by atoms with van der Waals surface area (Å²) in [6.45, 7) is 0. The average molecular weight is 311 g/mol. The van der Waals surface area contributed by atoms with Gasteiger partial charge in [0.15, 0.2) is 0 Å². The fourth-order valence-electron chi connectivity index (χ4n) is 1.55. The van der Waals surface area contributed by atoms with Crippen molar-refractivity contribution in [3.8, 4) is 5.75 Å². The summed E-state index contributed by atoms with van der Waals surface area (Å²) in [5.41, 5.74) is 0.249. The Bertz CT molecular complexity index is 703. The average Bonchev–Trinajstić information content (AvgIpc) is 2.40. The highest BCUT2D eigenvalue weighted by Crippen LogP contribution is 2.19. The zero-order chi connectivity index (χ0) is 15.5. The summed E-state index contributed by atoms with van der Waals surface area (Å²) in [5.74, 6) is -0.368. The third-order valence-electron chi connectivity index (χ3n) is 2.47. The molecule has 0 saturated carbocycles. The van der Waals surface area contributed by atoms with Crippen LogP contribution in [0.25, 0.3) is 0 Å². The van der Waals surface area contributed by atoms with Gasteiger partial charge in [0, 0.05) is 5.69 Å². The summed E-state index contributed by atoms with van der Waals surface area (Å²) in [7, 11) is -5.77. The second kappa shape index (κ2) is 6.12. The van der Waals surface area contributed by atoms with Gasteiger partial charge in [0.25, 0.3) is 10.0 Å². The molecule has 0 radical (unpaired) electrons. The van der Waals surface area contributed by atoms with Crippen molar-refractivity contribution >= 4 is 23.0 Å². The fraction of sp³-hybridized carbons (Fsp3) is 0. The normalized spacial score (nSPS) is 11.0. The number of anilines is 1. The van der Waals surface area contributed by atoms with Crippen molar-refractivity contribution in [2.45, 2.75) is 4.90 Å². The van der Waals surface area contributed by atoms with E-state index in [0.29, 0.717) is 0 Å². The molecule has 3 N–H and O–H groups in total. The number of benzene rings is 2. The largest absolute Gasteiger partial charge is 0.707 e. The molecule has 0 aliphatic rings. The molecule has 0 atom stereocenters. The highest BCUT2D eigenvalue weighted by Gasteiger charge is 2.15. The molecule has 2 rings (SSSR count). The Morgan fingerprint density at radius 2 is 1.57 bits per heavy atom. The van der Waals surface area contributed by atoms with Crippen molar-refractivity contribution in [1.29, 1.82) is 0 Å². The standard InChI is InChI=1S/C12H11BFNO5S/c14-9-1-7-12(8-2-9)21(18,19)15-10-3-5-11(6-4-10)20-13(16)17/h1-8,15-17H. The van der Waals surface area contributed by atoms with Gasteiger partial charge in [0.05, 0.1) is 4.90 Å². The number of hydrogen-bond donors (Lipinski definition) is 3.